The van der Waals surface area contributed by atoms with Crippen LogP contribution in [0.15, 0.2) is 18.2 Å². The summed E-state index contributed by atoms with van der Waals surface area (Å²) in [5, 5.41) is 12.6. The lowest BCUT2D eigenvalue weighted by molar-refractivity contribution is -0.177. The van der Waals surface area contributed by atoms with Crippen molar-refractivity contribution in [3.63, 3.8) is 0 Å². The normalized spacial score (nSPS) is 25.1. The number of phenols is 1. The molecule has 1 heterocycles. The Bertz CT molecular complexity index is 966. The third kappa shape index (κ3) is 7.84. The van der Waals surface area contributed by atoms with E-state index in [-0.39, 0.29) is 11.3 Å². The number of rotatable bonds is 10. The number of para-hydroxylation sites is 1. The number of carbonyl (C=O) groups excluding carboxylic acids is 4. The maximum atomic E-state index is 13.3. The van der Waals surface area contributed by atoms with E-state index in [1.165, 1.54) is 25.1 Å². The molecule has 1 aromatic rings. The number of amides is 1. The first-order valence-corrected chi connectivity index (χ1v) is 13.0. The van der Waals surface area contributed by atoms with Gasteiger partial charge in [0.1, 0.15) is 12.2 Å². The monoisotopic (exact) mass is 520 g/mol. The van der Waals surface area contributed by atoms with Gasteiger partial charge in [0.25, 0.3) is 5.91 Å². The van der Waals surface area contributed by atoms with Gasteiger partial charge in [-0.25, -0.2) is 4.79 Å². The van der Waals surface area contributed by atoms with E-state index in [1.54, 1.807) is 13.8 Å². The molecule has 1 aliphatic heterocycles. The Kier molecular flexibility index (Phi) is 11.2. The Morgan fingerprint density at radius 3 is 2.41 bits per heavy atom. The van der Waals surface area contributed by atoms with Crippen molar-refractivity contribution < 1.29 is 38.5 Å². The Labute approximate surface area is 218 Å². The van der Waals surface area contributed by atoms with Gasteiger partial charge in [0.05, 0.1) is 23.1 Å². The fraction of sp³-hybridized carbons (Fsp3) is 0.630. The van der Waals surface area contributed by atoms with Crippen molar-refractivity contribution in [3.05, 3.63) is 23.8 Å². The number of aromatic hydroxyl groups is 1. The van der Waals surface area contributed by atoms with Gasteiger partial charge in [-0.15, -0.1) is 0 Å². The quantitative estimate of drug-likeness (QED) is 0.138. The van der Waals surface area contributed by atoms with E-state index in [0.717, 1.165) is 19.3 Å². The molecule has 0 aliphatic carbocycles. The molecule has 10 heteroatoms. The second-order valence-corrected chi connectivity index (χ2v) is 9.65. The maximum absolute atomic E-state index is 13.3. The van der Waals surface area contributed by atoms with E-state index in [1.807, 2.05) is 6.92 Å². The van der Waals surface area contributed by atoms with Crippen molar-refractivity contribution in [2.24, 2.45) is 11.8 Å². The number of nitrogens with one attached hydrogen (secondary N) is 1. The molecule has 6 unspecified atom stereocenters. The van der Waals surface area contributed by atoms with Crippen LogP contribution in [0, 0.1) is 11.8 Å². The summed E-state index contributed by atoms with van der Waals surface area (Å²) < 4.78 is 17.0. The lowest BCUT2D eigenvalue weighted by Crippen LogP contribution is -2.50. The van der Waals surface area contributed by atoms with Crippen LogP contribution in [-0.2, 0) is 28.6 Å². The summed E-state index contributed by atoms with van der Waals surface area (Å²) in [7, 11) is 0. The SMILES string of the molecule is CCCCCCC1C(=O)OC(C)C(NC(=O)c2cccc(N)c2O)C(=O)OC(C)C1OC(=O)C(C)CC. The molecule has 37 heavy (non-hydrogen) atoms. The van der Waals surface area contributed by atoms with Crippen molar-refractivity contribution >= 4 is 29.5 Å². The molecule has 6 atom stereocenters. The van der Waals surface area contributed by atoms with Crippen LogP contribution in [0.3, 0.4) is 0 Å². The highest BCUT2D eigenvalue weighted by Gasteiger charge is 2.44. The molecule has 0 radical (unpaired) electrons. The van der Waals surface area contributed by atoms with E-state index >= 15 is 0 Å². The summed E-state index contributed by atoms with van der Waals surface area (Å²) in [5.74, 6) is -4.46. The van der Waals surface area contributed by atoms with E-state index in [2.05, 4.69) is 12.2 Å². The van der Waals surface area contributed by atoms with E-state index < -0.39 is 65.8 Å². The van der Waals surface area contributed by atoms with Crippen molar-refractivity contribution in [2.75, 3.05) is 5.73 Å². The van der Waals surface area contributed by atoms with Crippen LogP contribution in [-0.4, -0.2) is 53.3 Å². The van der Waals surface area contributed by atoms with Crippen LogP contribution in [0.4, 0.5) is 5.69 Å². The summed E-state index contributed by atoms with van der Waals surface area (Å²) in [6.45, 7) is 8.67. The molecule has 10 nitrogen and oxygen atoms in total. The number of nitrogens with two attached hydrogens (primary N) is 1. The summed E-state index contributed by atoms with van der Waals surface area (Å²) in [6.07, 6.45) is 1.41. The molecule has 1 aromatic carbocycles. The molecular weight excluding hydrogens is 480 g/mol. The molecule has 1 saturated heterocycles. The zero-order valence-electron chi connectivity index (χ0n) is 22.3. The van der Waals surface area contributed by atoms with Crippen molar-refractivity contribution in [3.8, 4) is 5.75 Å². The van der Waals surface area contributed by atoms with Crippen LogP contribution in [0.5, 0.6) is 5.75 Å². The van der Waals surface area contributed by atoms with Crippen molar-refractivity contribution in [2.45, 2.75) is 97.5 Å². The minimum Gasteiger partial charge on any atom is -0.505 e. The number of nitrogen functional groups attached to an aromatic ring is 1. The molecule has 1 aliphatic rings. The standard InChI is InChI=1S/C27H40N2O8/c1-6-8-9-10-12-19-23(37-25(32)15(3)7-2)17(5)36-27(34)21(16(4)35-26(19)33)29-24(31)18-13-11-14-20(28)22(18)30/h11,13-17,19,21,23,30H,6-10,12,28H2,1-5H3,(H,29,31). The van der Waals surface area contributed by atoms with Gasteiger partial charge < -0.3 is 30.4 Å². The second-order valence-electron chi connectivity index (χ2n) is 9.65. The highest BCUT2D eigenvalue weighted by atomic mass is 16.6. The summed E-state index contributed by atoms with van der Waals surface area (Å²) in [6, 6.07) is 2.88. The minimum atomic E-state index is -1.37. The Morgan fingerprint density at radius 1 is 1.08 bits per heavy atom. The lowest BCUT2D eigenvalue weighted by atomic mass is 9.91. The molecule has 2 rings (SSSR count). The average molecular weight is 521 g/mol. The first-order chi connectivity index (χ1) is 17.5. The number of cyclic esters (lactones) is 2. The number of hydrogen-bond acceptors (Lipinski definition) is 9. The van der Waals surface area contributed by atoms with Gasteiger partial charge in [0.15, 0.2) is 17.9 Å². The van der Waals surface area contributed by atoms with E-state index in [9.17, 15) is 24.3 Å². The molecule has 4 N–H and O–H groups in total. The number of esters is 3. The minimum absolute atomic E-state index is 0.00493. The summed E-state index contributed by atoms with van der Waals surface area (Å²) in [5.41, 5.74) is 5.53. The predicted octanol–water partition coefficient (Wildman–Crippen LogP) is 3.49. The molecule has 1 fully saturated rings. The maximum Gasteiger partial charge on any atom is 0.332 e. The third-order valence-electron chi connectivity index (χ3n) is 6.72. The highest BCUT2D eigenvalue weighted by Crippen LogP contribution is 2.28. The molecule has 1 amide bonds. The Morgan fingerprint density at radius 2 is 1.76 bits per heavy atom. The molecule has 0 saturated carbocycles. The van der Waals surface area contributed by atoms with E-state index in [0.29, 0.717) is 19.3 Å². The third-order valence-corrected chi connectivity index (χ3v) is 6.72. The molecule has 0 spiro atoms. The van der Waals surface area contributed by atoms with Gasteiger partial charge in [0, 0.05) is 0 Å². The number of unbranched alkanes of at least 4 members (excludes halogenated alkanes) is 3. The van der Waals surface area contributed by atoms with Gasteiger partial charge >= 0.3 is 17.9 Å². The zero-order chi connectivity index (χ0) is 27.7. The zero-order valence-corrected chi connectivity index (χ0v) is 22.3. The number of phenolic OH excluding ortho intramolecular Hbond substituents is 1. The molecule has 0 bridgehead atoms. The van der Waals surface area contributed by atoms with Gasteiger partial charge in [-0.1, -0.05) is 52.5 Å². The number of hydrogen-bond donors (Lipinski definition) is 3. The smallest absolute Gasteiger partial charge is 0.332 e. The summed E-state index contributed by atoms with van der Waals surface area (Å²) >= 11 is 0. The average Bonchev–Trinajstić information content (AvgIpc) is 2.88. The first-order valence-electron chi connectivity index (χ1n) is 13.0. The van der Waals surface area contributed by atoms with Crippen molar-refractivity contribution in [1.82, 2.24) is 5.32 Å². The van der Waals surface area contributed by atoms with Gasteiger partial charge in [-0.2, -0.15) is 0 Å². The van der Waals surface area contributed by atoms with E-state index in [4.69, 9.17) is 19.9 Å². The van der Waals surface area contributed by atoms with Gasteiger partial charge in [0.2, 0.25) is 0 Å². The molecule has 206 valence electrons. The largest absolute Gasteiger partial charge is 0.505 e. The Hall–Kier alpha value is -3.30. The predicted molar refractivity (Wildman–Crippen MR) is 136 cm³/mol. The fourth-order valence-electron chi connectivity index (χ4n) is 4.12. The van der Waals surface area contributed by atoms with Crippen LogP contribution < -0.4 is 11.1 Å². The number of carbonyl (C=O) groups is 4. The highest BCUT2D eigenvalue weighted by molar-refractivity contribution is 6.00. The number of benzene rings is 1. The topological polar surface area (TPSA) is 154 Å². The van der Waals surface area contributed by atoms with Crippen LogP contribution in [0.2, 0.25) is 0 Å². The number of anilines is 1. The molecular formula is C27H40N2O8. The van der Waals surface area contributed by atoms with Crippen LogP contribution >= 0.6 is 0 Å². The van der Waals surface area contributed by atoms with Crippen LogP contribution in [0.1, 0.15) is 83.5 Å². The Balaban J connectivity index is 2.34. The second kappa shape index (κ2) is 13.9. The molecule has 0 aromatic heterocycles. The first kappa shape index (κ1) is 29.9. The lowest BCUT2D eigenvalue weighted by Gasteiger charge is -2.30. The van der Waals surface area contributed by atoms with Crippen LogP contribution in [0.25, 0.3) is 0 Å². The van der Waals surface area contributed by atoms with Gasteiger partial charge in [-0.3, -0.25) is 14.4 Å². The summed E-state index contributed by atoms with van der Waals surface area (Å²) in [4.78, 5) is 52.0. The van der Waals surface area contributed by atoms with Gasteiger partial charge in [-0.05, 0) is 38.8 Å². The van der Waals surface area contributed by atoms with Crippen molar-refractivity contribution in [1.29, 1.82) is 0 Å². The number of ether oxygens (including phenoxy) is 3. The fourth-order valence-corrected chi connectivity index (χ4v) is 4.12.